The maximum Gasteiger partial charge on any atom is 0.0468 e. The molecule has 10 rings (SSSR count). The molecule has 0 spiro atoms. The van der Waals surface area contributed by atoms with Crippen molar-refractivity contribution in [3.8, 4) is 22.3 Å². The zero-order chi connectivity index (χ0) is 38.0. The number of rotatable bonds is 8. The molecule has 0 N–H and O–H groups in total. The van der Waals surface area contributed by atoms with Crippen LogP contribution in [0.5, 0.6) is 0 Å². The third-order valence-electron chi connectivity index (χ3n) is 11.0. The van der Waals surface area contributed by atoms with Gasteiger partial charge >= 0.3 is 0 Å². The van der Waals surface area contributed by atoms with Crippen LogP contribution in [-0.2, 0) is 0 Å². The zero-order valence-corrected chi connectivity index (χ0v) is 31.5. The third kappa shape index (κ3) is 6.56. The van der Waals surface area contributed by atoms with Gasteiger partial charge in [0.25, 0.3) is 0 Å². The first kappa shape index (κ1) is 34.0. The van der Waals surface area contributed by atoms with Gasteiger partial charge in [0.05, 0.1) is 0 Å². The van der Waals surface area contributed by atoms with Crippen LogP contribution in [-0.4, -0.2) is 0 Å². The van der Waals surface area contributed by atoms with E-state index in [2.05, 4.69) is 241 Å². The lowest BCUT2D eigenvalue weighted by molar-refractivity contribution is 1.29. The molecule has 0 bridgehead atoms. The van der Waals surface area contributed by atoms with E-state index >= 15 is 0 Å². The smallest absolute Gasteiger partial charge is 0.0468 e. The van der Waals surface area contributed by atoms with E-state index in [0.717, 1.165) is 17.1 Å². The molecule has 0 aliphatic heterocycles. The molecule has 0 aliphatic carbocycles. The zero-order valence-electron chi connectivity index (χ0n) is 31.5. The van der Waals surface area contributed by atoms with Gasteiger partial charge in [0, 0.05) is 17.1 Å². The molecule has 0 amide bonds. The first-order valence-electron chi connectivity index (χ1n) is 19.6. The van der Waals surface area contributed by atoms with Crippen molar-refractivity contribution in [2.24, 2.45) is 0 Å². The van der Waals surface area contributed by atoms with E-state index in [-0.39, 0.29) is 0 Å². The average Bonchev–Trinajstić information content (AvgIpc) is 3.29. The fourth-order valence-corrected chi connectivity index (χ4v) is 8.35. The standard InChI is InChI=1S/C56H39N/c1-4-17-42(18-5-1)54(43-19-6-2-7-20-43)38-40-28-30-44(31-29-40)55-50-24-12-14-26-52(50)56(53-27-15-13-25-51(53)55)45-33-35-48(36-34-45)57(47-22-8-3-9-23-47)49-37-32-41-16-10-11-21-46(41)39-49/h1-39H. The van der Waals surface area contributed by atoms with Crippen LogP contribution in [0.4, 0.5) is 17.1 Å². The van der Waals surface area contributed by atoms with Gasteiger partial charge in [0.1, 0.15) is 0 Å². The van der Waals surface area contributed by atoms with Crippen molar-refractivity contribution in [2.45, 2.75) is 0 Å². The van der Waals surface area contributed by atoms with Gasteiger partial charge < -0.3 is 4.90 Å². The molecule has 1 nitrogen and oxygen atoms in total. The van der Waals surface area contributed by atoms with Crippen LogP contribution in [0.25, 0.3) is 66.2 Å². The highest BCUT2D eigenvalue weighted by atomic mass is 15.1. The summed E-state index contributed by atoms with van der Waals surface area (Å²) in [5, 5.41) is 7.44. The number of nitrogens with zero attached hydrogens (tertiary/aromatic N) is 1. The number of benzene rings is 10. The molecular weight excluding hydrogens is 687 g/mol. The van der Waals surface area contributed by atoms with Gasteiger partial charge in [0.2, 0.25) is 0 Å². The molecular formula is C56H39N. The summed E-state index contributed by atoms with van der Waals surface area (Å²) in [6.45, 7) is 0. The summed E-state index contributed by atoms with van der Waals surface area (Å²) in [5.41, 5.74) is 13.1. The SMILES string of the molecule is C(=C(c1ccccc1)c1ccccc1)c1ccc(-c2c3ccccc3c(-c3ccc(N(c4ccccc4)c4ccc5ccccc5c4)cc3)c3ccccc23)cc1. The molecule has 1 heteroatoms. The minimum absolute atomic E-state index is 1.11. The van der Waals surface area contributed by atoms with Crippen LogP contribution in [0.2, 0.25) is 0 Å². The molecule has 57 heavy (non-hydrogen) atoms. The van der Waals surface area contributed by atoms with Crippen LogP contribution >= 0.6 is 0 Å². The Kier molecular flexibility index (Phi) is 8.95. The largest absolute Gasteiger partial charge is 0.310 e. The molecule has 10 aromatic carbocycles. The second-order valence-electron chi connectivity index (χ2n) is 14.5. The van der Waals surface area contributed by atoms with Gasteiger partial charge in [-0.1, -0.05) is 194 Å². The van der Waals surface area contributed by atoms with Crippen molar-refractivity contribution in [3.63, 3.8) is 0 Å². The first-order chi connectivity index (χ1) is 28.3. The highest BCUT2D eigenvalue weighted by molar-refractivity contribution is 6.21. The van der Waals surface area contributed by atoms with E-state index in [9.17, 15) is 0 Å². The molecule has 0 unspecified atom stereocenters. The number of hydrogen-bond acceptors (Lipinski definition) is 1. The molecule has 268 valence electrons. The van der Waals surface area contributed by atoms with Gasteiger partial charge in [-0.25, -0.2) is 0 Å². The maximum atomic E-state index is 2.34. The summed E-state index contributed by atoms with van der Waals surface area (Å²) >= 11 is 0. The second-order valence-corrected chi connectivity index (χ2v) is 14.5. The Labute approximate surface area is 334 Å². The highest BCUT2D eigenvalue weighted by Crippen LogP contribution is 2.45. The Bertz CT molecular complexity index is 2920. The molecule has 0 aromatic heterocycles. The topological polar surface area (TPSA) is 3.24 Å². The molecule has 10 aromatic rings. The minimum Gasteiger partial charge on any atom is -0.310 e. The predicted octanol–water partition coefficient (Wildman–Crippen LogP) is 15.5. The summed E-state index contributed by atoms with van der Waals surface area (Å²) in [4.78, 5) is 2.34. The van der Waals surface area contributed by atoms with Crippen LogP contribution in [0.15, 0.2) is 231 Å². The van der Waals surface area contributed by atoms with Gasteiger partial charge in [-0.15, -0.1) is 0 Å². The van der Waals surface area contributed by atoms with Crippen molar-refractivity contribution >= 4 is 61.0 Å². The lowest BCUT2D eigenvalue weighted by Gasteiger charge is -2.26. The maximum absolute atomic E-state index is 2.34. The fourth-order valence-electron chi connectivity index (χ4n) is 8.35. The summed E-state index contributed by atoms with van der Waals surface area (Å²) in [7, 11) is 0. The third-order valence-corrected chi connectivity index (χ3v) is 11.0. The van der Waals surface area contributed by atoms with Crippen LogP contribution in [0.1, 0.15) is 16.7 Å². The van der Waals surface area contributed by atoms with E-state index in [1.807, 2.05) is 0 Å². The predicted molar refractivity (Wildman–Crippen MR) is 244 cm³/mol. The summed E-state index contributed by atoms with van der Waals surface area (Å²) in [6, 6.07) is 83.2. The van der Waals surface area contributed by atoms with Crippen LogP contribution in [0.3, 0.4) is 0 Å². The molecule has 0 heterocycles. The van der Waals surface area contributed by atoms with Gasteiger partial charge in [-0.3, -0.25) is 0 Å². The monoisotopic (exact) mass is 725 g/mol. The number of fused-ring (bicyclic) bond motifs is 3. The molecule has 0 fully saturated rings. The normalized spacial score (nSPS) is 11.2. The molecule has 0 atom stereocenters. The highest BCUT2D eigenvalue weighted by Gasteiger charge is 2.18. The van der Waals surface area contributed by atoms with Crippen molar-refractivity contribution in [3.05, 3.63) is 247 Å². The fraction of sp³-hybridized carbons (Fsp3) is 0. The number of para-hydroxylation sites is 1. The van der Waals surface area contributed by atoms with E-state index in [1.165, 1.54) is 76.8 Å². The van der Waals surface area contributed by atoms with Crippen LogP contribution in [0, 0.1) is 0 Å². The van der Waals surface area contributed by atoms with Gasteiger partial charge in [-0.05, 0) is 119 Å². The Hall–Kier alpha value is -7.48. The second kappa shape index (κ2) is 15.0. The van der Waals surface area contributed by atoms with E-state index in [4.69, 9.17) is 0 Å². The van der Waals surface area contributed by atoms with Crippen molar-refractivity contribution in [2.75, 3.05) is 4.90 Å². The minimum atomic E-state index is 1.11. The Morgan fingerprint density at radius 1 is 0.316 bits per heavy atom. The van der Waals surface area contributed by atoms with Crippen molar-refractivity contribution in [1.82, 2.24) is 0 Å². The Morgan fingerprint density at radius 2 is 0.719 bits per heavy atom. The summed E-state index contributed by atoms with van der Waals surface area (Å²) in [5.74, 6) is 0. The van der Waals surface area contributed by atoms with Crippen LogP contribution < -0.4 is 4.90 Å². The lowest BCUT2D eigenvalue weighted by atomic mass is 9.85. The van der Waals surface area contributed by atoms with Gasteiger partial charge in [-0.2, -0.15) is 0 Å². The molecule has 0 saturated carbocycles. The molecule has 0 saturated heterocycles. The van der Waals surface area contributed by atoms with Crippen molar-refractivity contribution < 1.29 is 0 Å². The summed E-state index contributed by atoms with van der Waals surface area (Å²) in [6.07, 6.45) is 2.30. The molecule has 0 radical (unpaired) electrons. The van der Waals surface area contributed by atoms with E-state index in [0.29, 0.717) is 0 Å². The van der Waals surface area contributed by atoms with E-state index < -0.39 is 0 Å². The Morgan fingerprint density at radius 3 is 1.25 bits per heavy atom. The number of hydrogen-bond donors (Lipinski definition) is 0. The first-order valence-corrected chi connectivity index (χ1v) is 19.6. The van der Waals surface area contributed by atoms with E-state index in [1.54, 1.807) is 0 Å². The lowest BCUT2D eigenvalue weighted by Crippen LogP contribution is -2.09. The number of anilines is 3. The molecule has 0 aliphatic rings. The Balaban J connectivity index is 1.07. The average molecular weight is 726 g/mol. The quantitative estimate of drug-likeness (QED) is 0.111. The van der Waals surface area contributed by atoms with Crippen molar-refractivity contribution in [1.29, 1.82) is 0 Å². The summed E-state index contributed by atoms with van der Waals surface area (Å²) < 4.78 is 0. The van der Waals surface area contributed by atoms with Gasteiger partial charge in [0.15, 0.2) is 0 Å².